The summed E-state index contributed by atoms with van der Waals surface area (Å²) in [6.07, 6.45) is 5.64. The third-order valence-electron chi connectivity index (χ3n) is 2.29. The Bertz CT molecular complexity index is 92.5. The average Bonchev–Trinajstić information content (AvgIpc) is 2.09. The van der Waals surface area contributed by atoms with E-state index in [1.54, 1.807) is 0 Å². The maximum absolute atomic E-state index is 9.81. The van der Waals surface area contributed by atoms with Crippen molar-refractivity contribution < 1.29 is 5.11 Å². The molecule has 2 heteroatoms. The van der Waals surface area contributed by atoms with Crippen LogP contribution in [-0.2, 0) is 0 Å². The quantitative estimate of drug-likeness (QED) is 0.668. The Kier molecular flexibility index (Phi) is 6.39. The van der Waals surface area contributed by atoms with E-state index in [2.05, 4.69) is 5.32 Å². The van der Waals surface area contributed by atoms with E-state index in [0.717, 1.165) is 19.4 Å². The minimum Gasteiger partial charge on any atom is -0.389 e. The van der Waals surface area contributed by atoms with Gasteiger partial charge in [0.2, 0.25) is 0 Å². The second-order valence-electron chi connectivity index (χ2n) is 3.32. The summed E-state index contributed by atoms with van der Waals surface area (Å²) >= 11 is 0. The fourth-order valence-electron chi connectivity index (χ4n) is 1.72. The fourth-order valence-corrected chi connectivity index (χ4v) is 1.72. The van der Waals surface area contributed by atoms with Crippen LogP contribution in [0.4, 0.5) is 0 Å². The summed E-state index contributed by atoms with van der Waals surface area (Å²) in [6.45, 7) is 4.76. The smallest absolute Gasteiger partial charge is 0.0771 e. The highest BCUT2D eigenvalue weighted by atomic mass is 16.3. The highest BCUT2D eigenvalue weighted by Gasteiger charge is 2.27. The number of nitrogens with one attached hydrogen (secondary N) is 1. The molecule has 0 spiro atoms. The van der Waals surface area contributed by atoms with Crippen LogP contribution in [0.5, 0.6) is 0 Å². The number of aliphatic hydroxyl groups is 1. The van der Waals surface area contributed by atoms with E-state index < -0.39 is 0 Å². The summed E-state index contributed by atoms with van der Waals surface area (Å²) < 4.78 is 0. The molecule has 0 atom stereocenters. The summed E-state index contributed by atoms with van der Waals surface area (Å²) in [5.74, 6) is 0. The molecule has 1 rings (SSSR count). The van der Waals surface area contributed by atoms with Crippen molar-refractivity contribution in [2.24, 2.45) is 0 Å². The zero-order valence-electron chi connectivity index (χ0n) is 8.69. The molecule has 74 valence electrons. The maximum Gasteiger partial charge on any atom is 0.0771 e. The van der Waals surface area contributed by atoms with Gasteiger partial charge in [0.1, 0.15) is 0 Å². The zero-order chi connectivity index (χ0) is 9.45. The minimum atomic E-state index is -0.382. The van der Waals surface area contributed by atoms with Crippen LogP contribution >= 0.6 is 0 Å². The number of hydrogen-bond acceptors (Lipinski definition) is 2. The molecular weight excluding hydrogens is 150 g/mol. The molecule has 1 aliphatic carbocycles. The van der Waals surface area contributed by atoms with Crippen molar-refractivity contribution in [1.82, 2.24) is 5.32 Å². The van der Waals surface area contributed by atoms with E-state index in [0.29, 0.717) is 0 Å². The van der Waals surface area contributed by atoms with Crippen molar-refractivity contribution in [2.75, 3.05) is 13.6 Å². The number of hydrogen-bond donors (Lipinski definition) is 2. The van der Waals surface area contributed by atoms with Crippen LogP contribution in [0.3, 0.4) is 0 Å². The molecule has 0 aromatic carbocycles. The van der Waals surface area contributed by atoms with Gasteiger partial charge in [-0.05, 0) is 19.9 Å². The molecule has 12 heavy (non-hydrogen) atoms. The molecule has 0 radical (unpaired) electrons. The first kappa shape index (κ1) is 11.9. The van der Waals surface area contributed by atoms with E-state index in [1.165, 1.54) is 19.3 Å². The first-order chi connectivity index (χ1) is 5.77. The first-order valence-corrected chi connectivity index (χ1v) is 5.14. The van der Waals surface area contributed by atoms with E-state index in [4.69, 9.17) is 0 Å². The van der Waals surface area contributed by atoms with Crippen LogP contribution in [0.2, 0.25) is 0 Å². The van der Waals surface area contributed by atoms with E-state index >= 15 is 0 Å². The summed E-state index contributed by atoms with van der Waals surface area (Å²) in [6, 6.07) is 0. The third kappa shape index (κ3) is 4.07. The van der Waals surface area contributed by atoms with E-state index in [9.17, 15) is 5.11 Å². The van der Waals surface area contributed by atoms with Crippen LogP contribution in [0, 0.1) is 0 Å². The SMILES string of the molecule is CC.CNCC1(O)CCCCC1. The Hall–Kier alpha value is -0.0800. The zero-order valence-corrected chi connectivity index (χ0v) is 8.69. The number of likely N-dealkylation sites (N-methyl/N-ethyl adjacent to an activating group) is 1. The van der Waals surface area contributed by atoms with Crippen LogP contribution in [0.1, 0.15) is 46.0 Å². The minimum absolute atomic E-state index is 0.382. The third-order valence-corrected chi connectivity index (χ3v) is 2.29. The van der Waals surface area contributed by atoms with Gasteiger partial charge in [-0.1, -0.05) is 33.1 Å². The maximum atomic E-state index is 9.81. The van der Waals surface area contributed by atoms with Gasteiger partial charge in [0, 0.05) is 6.54 Å². The largest absolute Gasteiger partial charge is 0.389 e. The highest BCUT2D eigenvalue weighted by molar-refractivity contribution is 4.83. The van der Waals surface area contributed by atoms with Crippen LogP contribution < -0.4 is 5.32 Å². The predicted octanol–water partition coefficient (Wildman–Crippen LogP) is 1.93. The lowest BCUT2D eigenvalue weighted by Gasteiger charge is -2.31. The second kappa shape index (κ2) is 6.44. The molecular formula is C10H23NO. The highest BCUT2D eigenvalue weighted by Crippen LogP contribution is 2.26. The van der Waals surface area contributed by atoms with Gasteiger partial charge in [-0.25, -0.2) is 0 Å². The Morgan fingerprint density at radius 2 is 1.67 bits per heavy atom. The lowest BCUT2D eigenvalue weighted by molar-refractivity contribution is 0.00658. The standard InChI is InChI=1S/C8H17NO.C2H6/c1-9-7-8(10)5-3-2-4-6-8;1-2/h9-10H,2-7H2,1H3;1-2H3. The van der Waals surface area contributed by atoms with Crippen molar-refractivity contribution in [3.63, 3.8) is 0 Å². The predicted molar refractivity (Wildman–Crippen MR) is 53.3 cm³/mol. The Morgan fingerprint density at radius 1 is 1.17 bits per heavy atom. The summed E-state index contributed by atoms with van der Waals surface area (Å²) in [4.78, 5) is 0. The van der Waals surface area contributed by atoms with E-state index in [1.807, 2.05) is 20.9 Å². The summed E-state index contributed by atoms with van der Waals surface area (Å²) in [5.41, 5.74) is -0.382. The van der Waals surface area contributed by atoms with Crippen molar-refractivity contribution in [2.45, 2.75) is 51.6 Å². The van der Waals surface area contributed by atoms with E-state index in [-0.39, 0.29) is 5.60 Å². The topological polar surface area (TPSA) is 32.3 Å². The summed E-state index contributed by atoms with van der Waals surface area (Å²) in [7, 11) is 1.90. The van der Waals surface area contributed by atoms with Gasteiger partial charge in [-0.2, -0.15) is 0 Å². The fraction of sp³-hybridized carbons (Fsp3) is 1.00. The lowest BCUT2D eigenvalue weighted by atomic mass is 9.85. The van der Waals surface area contributed by atoms with Gasteiger partial charge >= 0.3 is 0 Å². The van der Waals surface area contributed by atoms with Crippen LogP contribution in [0.15, 0.2) is 0 Å². The van der Waals surface area contributed by atoms with Crippen LogP contribution in [0.25, 0.3) is 0 Å². The summed E-state index contributed by atoms with van der Waals surface area (Å²) in [5, 5.41) is 12.8. The molecule has 1 aliphatic rings. The molecule has 1 saturated carbocycles. The second-order valence-corrected chi connectivity index (χ2v) is 3.32. The molecule has 0 saturated heterocycles. The Balaban J connectivity index is 0.000000561. The lowest BCUT2D eigenvalue weighted by Crippen LogP contribution is -2.40. The number of rotatable bonds is 2. The molecule has 0 heterocycles. The molecule has 0 aliphatic heterocycles. The van der Waals surface area contributed by atoms with Gasteiger partial charge < -0.3 is 10.4 Å². The normalized spacial score (nSPS) is 21.0. The van der Waals surface area contributed by atoms with Crippen LogP contribution in [-0.4, -0.2) is 24.3 Å². The first-order valence-electron chi connectivity index (χ1n) is 5.14. The van der Waals surface area contributed by atoms with Gasteiger partial charge in [-0.15, -0.1) is 0 Å². The van der Waals surface area contributed by atoms with Gasteiger partial charge in [0.05, 0.1) is 5.60 Å². The van der Waals surface area contributed by atoms with Crippen molar-refractivity contribution in [3.05, 3.63) is 0 Å². The van der Waals surface area contributed by atoms with Gasteiger partial charge in [0.25, 0.3) is 0 Å². The Labute approximate surface area is 76.4 Å². The average molecular weight is 173 g/mol. The molecule has 2 nitrogen and oxygen atoms in total. The molecule has 0 unspecified atom stereocenters. The molecule has 2 N–H and O–H groups in total. The van der Waals surface area contributed by atoms with Gasteiger partial charge in [0.15, 0.2) is 0 Å². The molecule has 0 amide bonds. The van der Waals surface area contributed by atoms with Crippen molar-refractivity contribution in [1.29, 1.82) is 0 Å². The van der Waals surface area contributed by atoms with Crippen molar-refractivity contribution >= 4 is 0 Å². The molecule has 1 fully saturated rings. The van der Waals surface area contributed by atoms with Gasteiger partial charge in [-0.3, -0.25) is 0 Å². The molecule has 0 aromatic rings. The van der Waals surface area contributed by atoms with Crippen molar-refractivity contribution in [3.8, 4) is 0 Å². The Morgan fingerprint density at radius 3 is 2.08 bits per heavy atom. The molecule has 0 bridgehead atoms. The monoisotopic (exact) mass is 173 g/mol. The molecule has 0 aromatic heterocycles.